The summed E-state index contributed by atoms with van der Waals surface area (Å²) in [5.74, 6) is 1.77. The smallest absolute Gasteiger partial charge is 0.387 e. The molecule has 2 aromatic rings. The Kier molecular flexibility index (Phi) is 5.14. The zero-order valence-electron chi connectivity index (χ0n) is 13.6. The number of hydrogen-bond acceptors (Lipinski definition) is 1. The summed E-state index contributed by atoms with van der Waals surface area (Å²) in [4.78, 5) is 0. The number of benzene rings is 2. The summed E-state index contributed by atoms with van der Waals surface area (Å²) in [6, 6.07) is 11.6. The molecule has 0 aromatic heterocycles. The fourth-order valence-electron chi connectivity index (χ4n) is 3.87. The zero-order valence-corrected chi connectivity index (χ0v) is 13.6. The second kappa shape index (κ2) is 7.29. The van der Waals surface area contributed by atoms with Crippen molar-refractivity contribution in [3.05, 3.63) is 42.0 Å². The molecule has 0 bridgehead atoms. The van der Waals surface area contributed by atoms with Crippen LogP contribution in [-0.4, -0.2) is 6.61 Å². The number of alkyl halides is 2. The van der Waals surface area contributed by atoms with Gasteiger partial charge in [-0.2, -0.15) is 8.78 Å². The van der Waals surface area contributed by atoms with Crippen molar-refractivity contribution in [3.63, 3.8) is 0 Å². The molecule has 0 atom stereocenters. The van der Waals surface area contributed by atoms with Gasteiger partial charge in [-0.25, -0.2) is 0 Å². The van der Waals surface area contributed by atoms with Gasteiger partial charge in [-0.15, -0.1) is 0 Å². The summed E-state index contributed by atoms with van der Waals surface area (Å²) in [6.45, 7) is -0.508. The van der Waals surface area contributed by atoms with Crippen molar-refractivity contribution in [2.75, 3.05) is 0 Å². The summed E-state index contributed by atoms with van der Waals surface area (Å²) >= 11 is 0. The summed E-state index contributed by atoms with van der Waals surface area (Å²) in [5.41, 5.74) is 1.38. The first-order valence-electron chi connectivity index (χ1n) is 8.64. The van der Waals surface area contributed by atoms with Crippen molar-refractivity contribution >= 4 is 10.8 Å². The van der Waals surface area contributed by atoms with E-state index in [1.54, 1.807) is 12.1 Å². The highest BCUT2D eigenvalue weighted by Crippen LogP contribution is 2.38. The Bertz CT molecular complexity index is 645. The molecular weight excluding hydrogens is 294 g/mol. The number of halogens is 2. The van der Waals surface area contributed by atoms with Gasteiger partial charge in [0.2, 0.25) is 0 Å². The second-order valence-corrected chi connectivity index (χ2v) is 6.65. The van der Waals surface area contributed by atoms with Crippen molar-refractivity contribution in [1.82, 2.24) is 0 Å². The van der Waals surface area contributed by atoms with Crippen LogP contribution in [0.4, 0.5) is 8.78 Å². The SMILES string of the molecule is CCCC1CCC(c2ccc3cc(OC(F)F)ccc3c2)CC1. The molecule has 3 heteroatoms. The maximum atomic E-state index is 12.3. The predicted molar refractivity (Wildman–Crippen MR) is 90.2 cm³/mol. The quantitative estimate of drug-likeness (QED) is 0.610. The topological polar surface area (TPSA) is 9.23 Å². The van der Waals surface area contributed by atoms with Crippen LogP contribution in [0, 0.1) is 5.92 Å². The van der Waals surface area contributed by atoms with Crippen LogP contribution in [0.3, 0.4) is 0 Å². The lowest BCUT2D eigenvalue weighted by atomic mass is 9.77. The molecule has 0 unspecified atom stereocenters. The first-order valence-corrected chi connectivity index (χ1v) is 8.64. The molecule has 0 N–H and O–H groups in total. The molecule has 0 amide bonds. The number of fused-ring (bicyclic) bond motifs is 1. The van der Waals surface area contributed by atoms with Gasteiger partial charge in [-0.1, -0.05) is 44.0 Å². The van der Waals surface area contributed by atoms with E-state index in [1.807, 2.05) is 12.1 Å². The lowest BCUT2D eigenvalue weighted by molar-refractivity contribution is -0.0497. The van der Waals surface area contributed by atoms with Crippen LogP contribution in [0.1, 0.15) is 56.9 Å². The Labute approximate surface area is 136 Å². The molecule has 1 fully saturated rings. The van der Waals surface area contributed by atoms with Gasteiger partial charge < -0.3 is 4.74 Å². The Morgan fingerprint density at radius 3 is 2.39 bits per heavy atom. The van der Waals surface area contributed by atoms with Gasteiger partial charge in [-0.3, -0.25) is 0 Å². The highest BCUT2D eigenvalue weighted by Gasteiger charge is 2.21. The van der Waals surface area contributed by atoms with Crippen molar-refractivity contribution < 1.29 is 13.5 Å². The Balaban J connectivity index is 1.73. The molecule has 1 aliphatic rings. The van der Waals surface area contributed by atoms with Crippen LogP contribution in [0.5, 0.6) is 5.75 Å². The van der Waals surface area contributed by atoms with Gasteiger partial charge in [0.05, 0.1) is 0 Å². The standard InChI is InChI=1S/C20H24F2O/c1-2-3-14-4-6-15(7-5-14)16-8-9-18-13-19(23-20(21)22)11-10-17(18)12-16/h8-15,20H,2-7H2,1H3. The molecule has 1 nitrogen and oxygen atoms in total. The maximum absolute atomic E-state index is 12.3. The van der Waals surface area contributed by atoms with Crippen LogP contribution in [0.25, 0.3) is 10.8 Å². The molecule has 0 spiro atoms. The fourth-order valence-corrected chi connectivity index (χ4v) is 3.87. The third-order valence-electron chi connectivity index (χ3n) is 5.08. The van der Waals surface area contributed by atoms with Gasteiger partial charge in [0, 0.05) is 0 Å². The molecule has 0 heterocycles. The van der Waals surface area contributed by atoms with E-state index >= 15 is 0 Å². The summed E-state index contributed by atoms with van der Waals surface area (Å²) in [7, 11) is 0. The van der Waals surface area contributed by atoms with Crippen molar-refractivity contribution in [1.29, 1.82) is 0 Å². The van der Waals surface area contributed by atoms with Gasteiger partial charge in [0.15, 0.2) is 0 Å². The van der Waals surface area contributed by atoms with Gasteiger partial charge in [0.1, 0.15) is 5.75 Å². The van der Waals surface area contributed by atoms with Gasteiger partial charge in [-0.05, 0) is 66.0 Å². The third kappa shape index (κ3) is 4.01. The molecule has 1 saturated carbocycles. The number of hydrogen-bond donors (Lipinski definition) is 0. The molecule has 0 radical (unpaired) electrons. The van der Waals surface area contributed by atoms with Crippen LogP contribution in [0.2, 0.25) is 0 Å². The summed E-state index contributed by atoms with van der Waals surface area (Å²) < 4.78 is 29.1. The Morgan fingerprint density at radius 1 is 1.00 bits per heavy atom. The molecule has 1 aliphatic carbocycles. The summed E-state index contributed by atoms with van der Waals surface area (Å²) in [5, 5.41) is 2.05. The largest absolute Gasteiger partial charge is 0.435 e. The maximum Gasteiger partial charge on any atom is 0.387 e. The van der Waals surface area contributed by atoms with Crippen molar-refractivity contribution in [2.24, 2.45) is 5.92 Å². The van der Waals surface area contributed by atoms with E-state index in [9.17, 15) is 8.78 Å². The van der Waals surface area contributed by atoms with E-state index in [4.69, 9.17) is 0 Å². The molecule has 0 saturated heterocycles. The minimum atomic E-state index is -2.77. The van der Waals surface area contributed by atoms with Crippen LogP contribution >= 0.6 is 0 Å². The van der Waals surface area contributed by atoms with Crippen LogP contribution in [-0.2, 0) is 0 Å². The third-order valence-corrected chi connectivity index (χ3v) is 5.08. The van der Waals surface area contributed by atoms with Crippen molar-refractivity contribution in [2.45, 2.75) is 58.0 Å². The molecule has 2 aromatic carbocycles. The first-order chi connectivity index (χ1) is 11.2. The molecule has 124 valence electrons. The number of ether oxygens (including phenoxy) is 1. The summed E-state index contributed by atoms with van der Waals surface area (Å²) in [6.07, 6.45) is 7.84. The molecule has 0 aliphatic heterocycles. The minimum Gasteiger partial charge on any atom is -0.435 e. The average Bonchev–Trinajstić information content (AvgIpc) is 2.55. The lowest BCUT2D eigenvalue weighted by Gasteiger charge is -2.28. The predicted octanol–water partition coefficient (Wildman–Crippen LogP) is 6.52. The van der Waals surface area contributed by atoms with E-state index in [-0.39, 0.29) is 5.75 Å². The Hall–Kier alpha value is -1.64. The first kappa shape index (κ1) is 16.2. The molecular formula is C20H24F2O. The van der Waals surface area contributed by atoms with E-state index < -0.39 is 6.61 Å². The fraction of sp³-hybridized carbons (Fsp3) is 0.500. The average molecular weight is 318 g/mol. The second-order valence-electron chi connectivity index (χ2n) is 6.65. The van der Waals surface area contributed by atoms with E-state index in [2.05, 4.69) is 23.8 Å². The highest BCUT2D eigenvalue weighted by molar-refractivity contribution is 5.84. The zero-order chi connectivity index (χ0) is 16.2. The Morgan fingerprint density at radius 2 is 1.70 bits per heavy atom. The highest BCUT2D eigenvalue weighted by atomic mass is 19.3. The van der Waals surface area contributed by atoms with Gasteiger partial charge in [0.25, 0.3) is 0 Å². The van der Waals surface area contributed by atoms with E-state index in [1.165, 1.54) is 44.1 Å². The van der Waals surface area contributed by atoms with Gasteiger partial charge >= 0.3 is 6.61 Å². The van der Waals surface area contributed by atoms with Crippen LogP contribution in [0.15, 0.2) is 36.4 Å². The van der Waals surface area contributed by atoms with Crippen molar-refractivity contribution in [3.8, 4) is 5.75 Å². The molecule has 23 heavy (non-hydrogen) atoms. The van der Waals surface area contributed by atoms with E-state index in [0.29, 0.717) is 5.92 Å². The van der Waals surface area contributed by atoms with E-state index in [0.717, 1.165) is 16.7 Å². The lowest BCUT2D eigenvalue weighted by Crippen LogP contribution is -2.13. The molecule has 3 rings (SSSR count). The minimum absolute atomic E-state index is 0.223. The number of rotatable bonds is 5. The monoisotopic (exact) mass is 318 g/mol. The normalized spacial score (nSPS) is 21.7. The van der Waals surface area contributed by atoms with Crippen LogP contribution < -0.4 is 4.74 Å².